The minimum absolute atomic E-state index is 0.0537. The van der Waals surface area contributed by atoms with Crippen molar-refractivity contribution in [1.29, 1.82) is 0 Å². The Labute approximate surface area is 222 Å². The summed E-state index contributed by atoms with van der Waals surface area (Å²) in [4.78, 5) is 45.5. The van der Waals surface area contributed by atoms with Gasteiger partial charge in [-0.05, 0) is 34.4 Å². The molecule has 0 aliphatic rings. The Morgan fingerprint density at radius 1 is 0.917 bits per heavy atom. The van der Waals surface area contributed by atoms with Gasteiger partial charge in [0.2, 0.25) is 10.3 Å². The number of nitrogen functional groups attached to an aromatic ring is 1. The highest BCUT2D eigenvalue weighted by atomic mass is 33.1. The molecule has 4 heterocycles. The maximum atomic E-state index is 11.8. The topological polar surface area (TPSA) is 196 Å². The summed E-state index contributed by atoms with van der Waals surface area (Å²) in [6.07, 6.45) is 4.97. The Kier molecular flexibility index (Phi) is 10.9. The third-order valence-electron chi connectivity index (χ3n) is 4.70. The number of aromatic nitrogens is 6. The van der Waals surface area contributed by atoms with Gasteiger partial charge in [0.05, 0.1) is 12.6 Å². The van der Waals surface area contributed by atoms with E-state index in [0.717, 1.165) is 48.4 Å². The van der Waals surface area contributed by atoms with E-state index in [1.807, 2.05) is 6.92 Å². The number of hydrogen-bond acceptors (Lipinski definition) is 14. The van der Waals surface area contributed by atoms with E-state index in [4.69, 9.17) is 10.8 Å². The lowest BCUT2D eigenvalue weighted by molar-refractivity contribution is 0.268. The predicted octanol–water partition coefficient (Wildman–Crippen LogP) is 3.20. The van der Waals surface area contributed by atoms with Crippen LogP contribution in [0.25, 0.3) is 20.7 Å². The number of anilines is 2. The largest absolute Gasteiger partial charge is 0.396 e. The zero-order valence-electron chi connectivity index (χ0n) is 19.7. The van der Waals surface area contributed by atoms with Crippen molar-refractivity contribution in [3.8, 4) is 0 Å². The SMILES string of the molecule is CCCC(CO)Nc1nc(SSc2nc(N)c3sc(=O)[nH]c3n2)nc2[nH]c(=O)sc12.CCCCCO. The van der Waals surface area contributed by atoms with Gasteiger partial charge in [-0.15, -0.1) is 0 Å². The molecule has 16 heteroatoms. The van der Waals surface area contributed by atoms with Gasteiger partial charge < -0.3 is 21.3 Å². The molecule has 0 saturated heterocycles. The van der Waals surface area contributed by atoms with Crippen LogP contribution >= 0.6 is 44.3 Å². The number of nitrogens with zero attached hydrogens (tertiary/aromatic N) is 4. The van der Waals surface area contributed by atoms with Gasteiger partial charge >= 0.3 is 9.75 Å². The molecule has 4 aromatic heterocycles. The van der Waals surface area contributed by atoms with Gasteiger partial charge in [-0.25, -0.2) is 19.9 Å². The van der Waals surface area contributed by atoms with E-state index in [1.165, 1.54) is 28.0 Å². The zero-order chi connectivity index (χ0) is 26.1. The van der Waals surface area contributed by atoms with Crippen molar-refractivity contribution < 1.29 is 10.2 Å². The van der Waals surface area contributed by atoms with Crippen molar-refractivity contribution >= 4 is 76.6 Å². The fraction of sp³-hybridized carbons (Fsp3) is 0.500. The van der Waals surface area contributed by atoms with Crippen molar-refractivity contribution in [2.75, 3.05) is 24.3 Å². The van der Waals surface area contributed by atoms with E-state index in [0.29, 0.717) is 43.4 Å². The van der Waals surface area contributed by atoms with Crippen LogP contribution in [-0.4, -0.2) is 59.4 Å². The number of rotatable bonds is 11. The molecule has 0 spiro atoms. The molecule has 4 rings (SSSR count). The smallest absolute Gasteiger partial charge is 0.306 e. The molecule has 196 valence electrons. The summed E-state index contributed by atoms with van der Waals surface area (Å²) in [7, 11) is 2.37. The standard InChI is InChI=1S/C15H16N8O3S4.C5H12O/c1-2-3-5(4-24)17-10-7-11(23-15(26)28-7)21-13(20-10)30-29-12-18-8(16)6-9(19-12)22-14(25)27-6;1-2-3-4-5-6/h5,24H,2-4H2,1H3,(H3,16,18,19,22,25)(H2,17,20,21,23,26);6H,2-5H2,1H3. The number of aliphatic hydroxyl groups excluding tert-OH is 2. The molecule has 4 aromatic rings. The Morgan fingerprint density at radius 2 is 1.53 bits per heavy atom. The second kappa shape index (κ2) is 13.9. The van der Waals surface area contributed by atoms with Crippen molar-refractivity contribution in [1.82, 2.24) is 29.9 Å². The van der Waals surface area contributed by atoms with Gasteiger partial charge in [0.25, 0.3) is 0 Å². The first-order valence-corrected chi connectivity index (χ1v) is 15.1. The number of aliphatic hydroxyl groups is 2. The summed E-state index contributed by atoms with van der Waals surface area (Å²) in [5.74, 6) is 0.703. The lowest BCUT2D eigenvalue weighted by Gasteiger charge is -2.16. The molecule has 0 saturated carbocycles. The molecular formula is C20H28N8O4S4. The summed E-state index contributed by atoms with van der Waals surface area (Å²) in [6, 6.07) is -0.184. The first kappa shape index (κ1) is 28.3. The van der Waals surface area contributed by atoms with Crippen molar-refractivity contribution in [3.63, 3.8) is 0 Å². The van der Waals surface area contributed by atoms with E-state index in [2.05, 4.69) is 42.1 Å². The molecule has 1 atom stereocenters. The van der Waals surface area contributed by atoms with Crippen LogP contribution in [0.2, 0.25) is 0 Å². The number of nitrogens with two attached hydrogens (primary N) is 1. The van der Waals surface area contributed by atoms with Crippen LogP contribution in [0.1, 0.15) is 46.0 Å². The molecule has 12 nitrogen and oxygen atoms in total. The van der Waals surface area contributed by atoms with E-state index < -0.39 is 0 Å². The monoisotopic (exact) mass is 572 g/mol. The fourth-order valence-electron chi connectivity index (χ4n) is 3.03. The van der Waals surface area contributed by atoms with Crippen LogP contribution in [0.3, 0.4) is 0 Å². The Bertz CT molecular complexity index is 1380. The van der Waals surface area contributed by atoms with Crippen LogP contribution in [0.4, 0.5) is 11.6 Å². The summed E-state index contributed by atoms with van der Waals surface area (Å²) in [5, 5.41) is 21.7. The lowest BCUT2D eigenvalue weighted by Crippen LogP contribution is -2.24. The Balaban J connectivity index is 0.000000538. The van der Waals surface area contributed by atoms with Gasteiger partial charge in [-0.3, -0.25) is 19.6 Å². The molecule has 36 heavy (non-hydrogen) atoms. The summed E-state index contributed by atoms with van der Waals surface area (Å²) >= 11 is 1.96. The fourth-order valence-corrected chi connectivity index (χ4v) is 6.00. The maximum Gasteiger partial charge on any atom is 0.306 e. The van der Waals surface area contributed by atoms with E-state index in [9.17, 15) is 14.7 Å². The predicted molar refractivity (Wildman–Crippen MR) is 148 cm³/mol. The van der Waals surface area contributed by atoms with Crippen molar-refractivity contribution in [2.45, 2.75) is 62.3 Å². The molecule has 0 bridgehead atoms. The number of aromatic amines is 2. The van der Waals surface area contributed by atoms with Crippen molar-refractivity contribution in [3.05, 3.63) is 19.3 Å². The normalized spacial score (nSPS) is 12.0. The van der Waals surface area contributed by atoms with Crippen LogP contribution in [0, 0.1) is 0 Å². The number of thiazole rings is 2. The average Bonchev–Trinajstić information content (AvgIpc) is 3.42. The zero-order valence-corrected chi connectivity index (χ0v) is 23.0. The highest BCUT2D eigenvalue weighted by molar-refractivity contribution is 8.76. The second-order valence-electron chi connectivity index (χ2n) is 7.54. The third kappa shape index (κ3) is 7.63. The molecule has 1 unspecified atom stereocenters. The van der Waals surface area contributed by atoms with E-state index >= 15 is 0 Å². The van der Waals surface area contributed by atoms with Crippen LogP contribution in [-0.2, 0) is 0 Å². The van der Waals surface area contributed by atoms with Gasteiger partial charge in [0.1, 0.15) is 15.2 Å². The third-order valence-corrected chi connectivity index (χ3v) is 8.36. The number of hydrogen-bond donors (Lipinski definition) is 6. The number of fused-ring (bicyclic) bond motifs is 2. The second-order valence-corrected chi connectivity index (χ2v) is 11.6. The molecule has 7 N–H and O–H groups in total. The molecule has 0 amide bonds. The molecule has 0 aliphatic carbocycles. The summed E-state index contributed by atoms with van der Waals surface area (Å²) in [5.41, 5.74) is 6.71. The molecule has 0 aliphatic heterocycles. The van der Waals surface area contributed by atoms with Crippen molar-refractivity contribution in [2.24, 2.45) is 0 Å². The first-order valence-electron chi connectivity index (χ1n) is 11.3. The quantitative estimate of drug-likeness (QED) is 0.0873. The molecule has 0 radical (unpaired) electrons. The van der Waals surface area contributed by atoms with E-state index in [1.54, 1.807) is 0 Å². The summed E-state index contributed by atoms with van der Waals surface area (Å²) in [6.45, 7) is 4.45. The molecule has 0 fully saturated rings. The minimum Gasteiger partial charge on any atom is -0.396 e. The number of nitrogens with one attached hydrogen (secondary N) is 3. The van der Waals surface area contributed by atoms with E-state index in [-0.39, 0.29) is 28.2 Å². The van der Waals surface area contributed by atoms with Gasteiger partial charge in [-0.2, -0.15) is 0 Å². The Morgan fingerprint density at radius 3 is 2.08 bits per heavy atom. The van der Waals surface area contributed by atoms with Crippen LogP contribution < -0.4 is 20.8 Å². The maximum absolute atomic E-state index is 11.8. The van der Waals surface area contributed by atoms with Gasteiger partial charge in [-0.1, -0.05) is 55.8 Å². The Hall–Kier alpha value is -2.24. The first-order chi connectivity index (χ1) is 17.4. The van der Waals surface area contributed by atoms with Gasteiger partial charge in [0, 0.05) is 6.61 Å². The highest BCUT2D eigenvalue weighted by Crippen LogP contribution is 2.37. The summed E-state index contributed by atoms with van der Waals surface area (Å²) < 4.78 is 1.11. The van der Waals surface area contributed by atoms with Crippen LogP contribution in [0.15, 0.2) is 19.9 Å². The number of H-pyrrole nitrogens is 2. The number of unbranched alkanes of at least 4 members (excludes halogenated alkanes) is 2. The molecular weight excluding hydrogens is 545 g/mol. The van der Waals surface area contributed by atoms with Gasteiger partial charge in [0.15, 0.2) is 17.1 Å². The van der Waals surface area contributed by atoms with Crippen LogP contribution in [0.5, 0.6) is 0 Å². The molecule has 0 aromatic carbocycles. The minimum atomic E-state index is -0.253. The average molecular weight is 573 g/mol. The lowest BCUT2D eigenvalue weighted by atomic mass is 10.2. The highest BCUT2D eigenvalue weighted by Gasteiger charge is 2.17.